The molecule has 0 aromatic carbocycles. The summed E-state index contributed by atoms with van der Waals surface area (Å²) in [6, 6.07) is 0. The molecule has 0 aliphatic carbocycles. The second-order valence-electron chi connectivity index (χ2n) is 6.69. The Hall–Kier alpha value is -1.10. The van der Waals surface area contributed by atoms with Gasteiger partial charge in [-0.05, 0) is 40.5 Å². The minimum Gasteiger partial charge on any atom is -0.458 e. The number of hydrogen-bond acceptors (Lipinski definition) is 4. The summed E-state index contributed by atoms with van der Waals surface area (Å²) in [5.41, 5.74) is 3.68. The number of rotatable bonds is 1. The number of nitrogens with two attached hydrogens (primary N) is 1. The number of amides is 1. The van der Waals surface area contributed by atoms with Crippen molar-refractivity contribution in [2.75, 3.05) is 6.54 Å². The highest BCUT2D eigenvalue weighted by atomic mass is 16.6. The Balaban J connectivity index is 2.30. The zero-order chi connectivity index (χ0) is 13.8. The summed E-state index contributed by atoms with van der Waals surface area (Å²) in [5, 5.41) is 0. The molecule has 2 rings (SSSR count). The first-order valence-electron chi connectivity index (χ1n) is 6.43. The van der Waals surface area contributed by atoms with Gasteiger partial charge in [0.05, 0.1) is 5.54 Å². The van der Waals surface area contributed by atoms with Crippen molar-refractivity contribution in [1.82, 2.24) is 4.90 Å². The van der Waals surface area contributed by atoms with Crippen LogP contribution in [0.4, 0.5) is 0 Å². The number of hydrogen-bond donors (Lipinski definition) is 1. The van der Waals surface area contributed by atoms with E-state index in [2.05, 4.69) is 0 Å². The van der Waals surface area contributed by atoms with Gasteiger partial charge in [0, 0.05) is 13.0 Å². The van der Waals surface area contributed by atoms with Crippen LogP contribution < -0.4 is 5.73 Å². The second kappa shape index (κ2) is 3.70. The summed E-state index contributed by atoms with van der Waals surface area (Å²) in [6.07, 6.45) is 1.84. The van der Waals surface area contributed by atoms with Crippen LogP contribution in [-0.2, 0) is 14.3 Å². The van der Waals surface area contributed by atoms with Crippen LogP contribution in [0.3, 0.4) is 0 Å². The minimum absolute atomic E-state index is 0.133. The Bertz CT molecular complexity index is 398. The summed E-state index contributed by atoms with van der Waals surface area (Å²) in [7, 11) is 0. The van der Waals surface area contributed by atoms with Crippen molar-refractivity contribution in [3.8, 4) is 0 Å². The minimum atomic E-state index is -0.947. The first-order valence-corrected chi connectivity index (χ1v) is 6.43. The molecule has 0 radical (unpaired) electrons. The van der Waals surface area contributed by atoms with E-state index in [4.69, 9.17) is 10.5 Å². The summed E-state index contributed by atoms with van der Waals surface area (Å²) in [6.45, 7) is 7.79. The van der Waals surface area contributed by atoms with E-state index in [-0.39, 0.29) is 11.9 Å². The molecule has 0 unspecified atom stereocenters. The average molecular weight is 254 g/mol. The number of ether oxygens (including phenoxy) is 1. The van der Waals surface area contributed by atoms with Crippen molar-refractivity contribution < 1.29 is 14.3 Å². The van der Waals surface area contributed by atoms with Gasteiger partial charge in [-0.15, -0.1) is 0 Å². The van der Waals surface area contributed by atoms with Crippen molar-refractivity contribution in [3.63, 3.8) is 0 Å². The molecular weight excluding hydrogens is 232 g/mol. The third-order valence-electron chi connectivity index (χ3n) is 3.66. The molecule has 5 nitrogen and oxygen atoms in total. The van der Waals surface area contributed by atoms with Gasteiger partial charge in [-0.1, -0.05) is 0 Å². The van der Waals surface area contributed by atoms with E-state index in [9.17, 15) is 9.59 Å². The quantitative estimate of drug-likeness (QED) is 0.703. The second-order valence-corrected chi connectivity index (χ2v) is 6.69. The van der Waals surface area contributed by atoms with Crippen LogP contribution >= 0.6 is 0 Å². The van der Waals surface area contributed by atoms with Gasteiger partial charge >= 0.3 is 5.97 Å². The summed E-state index contributed by atoms with van der Waals surface area (Å²) in [5.74, 6) is -0.444. The number of esters is 1. The largest absolute Gasteiger partial charge is 0.458 e. The van der Waals surface area contributed by atoms with Crippen molar-refractivity contribution in [1.29, 1.82) is 0 Å². The summed E-state index contributed by atoms with van der Waals surface area (Å²) < 4.78 is 5.48. The standard InChI is InChI=1S/C13H22N2O3/c1-11(2,3)18-10(17)13-6-5-7-15(13)9(16)12(4,14)8-13/h5-8,14H2,1-4H3/t12-,13-/m1/s1. The molecule has 0 saturated carbocycles. The van der Waals surface area contributed by atoms with E-state index in [1.807, 2.05) is 20.8 Å². The van der Waals surface area contributed by atoms with Gasteiger partial charge in [-0.25, -0.2) is 4.79 Å². The maximum Gasteiger partial charge on any atom is 0.332 e. The highest BCUT2D eigenvalue weighted by molar-refractivity contribution is 5.97. The third kappa shape index (κ3) is 1.90. The predicted molar refractivity (Wildman–Crippen MR) is 66.7 cm³/mol. The smallest absolute Gasteiger partial charge is 0.332 e. The van der Waals surface area contributed by atoms with Crippen LogP contribution in [0.15, 0.2) is 0 Å². The van der Waals surface area contributed by atoms with Crippen LogP contribution in [0, 0.1) is 0 Å². The van der Waals surface area contributed by atoms with E-state index < -0.39 is 16.7 Å². The Morgan fingerprint density at radius 2 is 2.06 bits per heavy atom. The topological polar surface area (TPSA) is 72.6 Å². The highest BCUT2D eigenvalue weighted by Gasteiger charge is 2.62. The first kappa shape index (κ1) is 13.3. The lowest BCUT2D eigenvalue weighted by atomic mass is 9.87. The number of fused-ring (bicyclic) bond motifs is 1. The van der Waals surface area contributed by atoms with E-state index in [0.29, 0.717) is 19.4 Å². The SMILES string of the molecule is CC(C)(C)OC(=O)[C@]12CCCN1C(=O)[C@](C)(N)C2. The molecule has 2 N–H and O–H groups in total. The molecule has 5 heteroatoms. The fourth-order valence-corrected chi connectivity index (χ4v) is 3.01. The van der Waals surface area contributed by atoms with E-state index in [1.165, 1.54) is 0 Å². The summed E-state index contributed by atoms with van der Waals surface area (Å²) in [4.78, 5) is 26.2. The van der Waals surface area contributed by atoms with Gasteiger partial charge in [0.2, 0.25) is 5.91 Å². The Kier molecular flexibility index (Phi) is 2.74. The zero-order valence-corrected chi connectivity index (χ0v) is 11.6. The zero-order valence-electron chi connectivity index (χ0n) is 11.6. The van der Waals surface area contributed by atoms with Crippen LogP contribution in [0.25, 0.3) is 0 Å². The van der Waals surface area contributed by atoms with Gasteiger partial charge in [0.25, 0.3) is 0 Å². The van der Waals surface area contributed by atoms with Crippen molar-refractivity contribution in [3.05, 3.63) is 0 Å². The molecule has 1 amide bonds. The predicted octanol–water partition coefficient (Wildman–Crippen LogP) is 0.810. The lowest BCUT2D eigenvalue weighted by Crippen LogP contribution is -2.50. The Morgan fingerprint density at radius 1 is 1.44 bits per heavy atom. The molecule has 102 valence electrons. The molecule has 2 heterocycles. The molecule has 2 fully saturated rings. The lowest BCUT2D eigenvalue weighted by molar-refractivity contribution is -0.168. The van der Waals surface area contributed by atoms with Crippen molar-refractivity contribution in [2.24, 2.45) is 5.73 Å². The van der Waals surface area contributed by atoms with Crippen molar-refractivity contribution in [2.45, 2.75) is 63.6 Å². The van der Waals surface area contributed by atoms with Crippen molar-refractivity contribution >= 4 is 11.9 Å². The molecule has 2 saturated heterocycles. The monoisotopic (exact) mass is 254 g/mol. The van der Waals surface area contributed by atoms with E-state index in [1.54, 1.807) is 11.8 Å². The fraction of sp³-hybridized carbons (Fsp3) is 0.846. The molecule has 0 bridgehead atoms. The van der Waals surface area contributed by atoms with Gasteiger partial charge in [-0.3, -0.25) is 4.79 Å². The number of carbonyl (C=O) groups is 2. The number of nitrogens with zero attached hydrogens (tertiary/aromatic N) is 1. The number of carbonyl (C=O) groups excluding carboxylic acids is 2. The van der Waals surface area contributed by atoms with Crippen LogP contribution in [0.2, 0.25) is 0 Å². The molecule has 18 heavy (non-hydrogen) atoms. The molecule has 2 aliphatic rings. The molecule has 0 spiro atoms. The molecule has 2 aliphatic heterocycles. The molecular formula is C13H22N2O3. The molecule has 0 aromatic heterocycles. The first-order chi connectivity index (χ1) is 8.08. The third-order valence-corrected chi connectivity index (χ3v) is 3.66. The van der Waals surface area contributed by atoms with Gasteiger partial charge < -0.3 is 15.4 Å². The van der Waals surface area contributed by atoms with E-state index >= 15 is 0 Å². The van der Waals surface area contributed by atoms with Crippen LogP contribution in [0.5, 0.6) is 0 Å². The fourth-order valence-electron chi connectivity index (χ4n) is 3.01. The molecule has 2 atom stereocenters. The normalized spacial score (nSPS) is 35.8. The Labute approximate surface area is 108 Å². The maximum atomic E-state index is 12.4. The van der Waals surface area contributed by atoms with Gasteiger partial charge in [0.1, 0.15) is 11.1 Å². The Morgan fingerprint density at radius 3 is 2.61 bits per heavy atom. The van der Waals surface area contributed by atoms with Crippen LogP contribution in [-0.4, -0.2) is 40.0 Å². The average Bonchev–Trinajstić information content (AvgIpc) is 2.64. The molecule has 0 aromatic rings. The van der Waals surface area contributed by atoms with Crippen LogP contribution in [0.1, 0.15) is 47.0 Å². The lowest BCUT2D eigenvalue weighted by Gasteiger charge is -2.32. The van der Waals surface area contributed by atoms with E-state index in [0.717, 1.165) is 6.42 Å². The van der Waals surface area contributed by atoms with Gasteiger partial charge in [-0.2, -0.15) is 0 Å². The van der Waals surface area contributed by atoms with Gasteiger partial charge in [0.15, 0.2) is 0 Å². The summed E-state index contributed by atoms with van der Waals surface area (Å²) >= 11 is 0. The highest BCUT2D eigenvalue weighted by Crippen LogP contribution is 2.44. The maximum absolute atomic E-state index is 12.4.